The monoisotopic (exact) mass is 485 g/mol. The van der Waals surface area contributed by atoms with Crippen molar-refractivity contribution in [3.05, 3.63) is 23.9 Å². The largest absolute Gasteiger partial charge is 0.496 e. The van der Waals surface area contributed by atoms with Crippen LogP contribution >= 0.6 is 0 Å². The SMILES string of the molecule is COCCCN1C(=O)c2cc3c(OC)ccc(OC)c3n2CC1(C)C(=O)NC1CCCC(C)C1C. The number of hydrogen-bond acceptors (Lipinski definition) is 5. The molecule has 192 valence electrons. The van der Waals surface area contributed by atoms with Crippen LogP contribution < -0.4 is 14.8 Å². The third kappa shape index (κ3) is 4.37. The van der Waals surface area contributed by atoms with Gasteiger partial charge in [0.1, 0.15) is 22.7 Å². The number of ether oxygens (including phenoxy) is 3. The van der Waals surface area contributed by atoms with E-state index in [1.54, 1.807) is 26.2 Å². The molecule has 8 heteroatoms. The molecule has 1 aromatic carbocycles. The van der Waals surface area contributed by atoms with Gasteiger partial charge in [0.15, 0.2) is 0 Å². The molecule has 1 aromatic heterocycles. The van der Waals surface area contributed by atoms with Crippen LogP contribution in [-0.4, -0.2) is 67.3 Å². The molecule has 0 spiro atoms. The van der Waals surface area contributed by atoms with Gasteiger partial charge in [0.2, 0.25) is 5.91 Å². The Kier molecular flexibility index (Phi) is 7.31. The van der Waals surface area contributed by atoms with E-state index in [0.717, 1.165) is 23.7 Å². The summed E-state index contributed by atoms with van der Waals surface area (Å²) in [5.41, 5.74) is 0.244. The van der Waals surface area contributed by atoms with Crippen LogP contribution in [0.25, 0.3) is 10.9 Å². The molecule has 1 saturated carbocycles. The second-order valence-corrected chi connectivity index (χ2v) is 10.3. The lowest BCUT2D eigenvalue weighted by Gasteiger charge is -2.45. The molecule has 2 aliphatic rings. The number of amides is 2. The predicted octanol–water partition coefficient (Wildman–Crippen LogP) is 3.85. The molecular weight excluding hydrogens is 446 g/mol. The molecule has 0 saturated heterocycles. The van der Waals surface area contributed by atoms with Gasteiger partial charge in [-0.05, 0) is 49.8 Å². The summed E-state index contributed by atoms with van der Waals surface area (Å²) in [4.78, 5) is 29.6. The summed E-state index contributed by atoms with van der Waals surface area (Å²) in [7, 11) is 4.87. The van der Waals surface area contributed by atoms with Crippen molar-refractivity contribution in [1.29, 1.82) is 0 Å². The fourth-order valence-corrected chi connectivity index (χ4v) is 5.78. The van der Waals surface area contributed by atoms with Gasteiger partial charge in [-0.2, -0.15) is 0 Å². The van der Waals surface area contributed by atoms with E-state index in [0.29, 0.717) is 55.1 Å². The lowest BCUT2D eigenvalue weighted by Crippen LogP contribution is -2.65. The minimum absolute atomic E-state index is 0.108. The van der Waals surface area contributed by atoms with Crippen molar-refractivity contribution >= 4 is 22.7 Å². The number of hydrogen-bond donors (Lipinski definition) is 1. The maximum atomic E-state index is 14.0. The van der Waals surface area contributed by atoms with Crippen molar-refractivity contribution in [3.63, 3.8) is 0 Å². The topological polar surface area (TPSA) is 82.0 Å². The van der Waals surface area contributed by atoms with Crippen LogP contribution in [0.2, 0.25) is 0 Å². The summed E-state index contributed by atoms with van der Waals surface area (Å²) in [6.45, 7) is 7.63. The van der Waals surface area contributed by atoms with Crippen molar-refractivity contribution in [2.24, 2.45) is 11.8 Å². The molecule has 2 aromatic rings. The summed E-state index contributed by atoms with van der Waals surface area (Å²) < 4.78 is 18.4. The number of rotatable bonds is 8. The van der Waals surface area contributed by atoms with Crippen molar-refractivity contribution < 1.29 is 23.8 Å². The normalized spacial score (nSPS) is 26.5. The van der Waals surface area contributed by atoms with Gasteiger partial charge in [0, 0.05) is 31.7 Å². The zero-order valence-corrected chi connectivity index (χ0v) is 21.8. The number of nitrogens with zero attached hydrogens (tertiary/aromatic N) is 2. The molecule has 2 heterocycles. The minimum atomic E-state index is -1.06. The Morgan fingerprint density at radius 3 is 2.54 bits per heavy atom. The first-order valence-electron chi connectivity index (χ1n) is 12.6. The fraction of sp³-hybridized carbons (Fsp3) is 0.630. The molecule has 0 radical (unpaired) electrons. The maximum Gasteiger partial charge on any atom is 0.271 e. The molecule has 4 rings (SSSR count). The van der Waals surface area contributed by atoms with E-state index in [1.807, 2.05) is 29.7 Å². The molecule has 2 amide bonds. The number of carbonyl (C=O) groups excluding carboxylic acids is 2. The van der Waals surface area contributed by atoms with Crippen molar-refractivity contribution in [2.45, 2.75) is 64.6 Å². The summed E-state index contributed by atoms with van der Waals surface area (Å²) in [5, 5.41) is 4.14. The second kappa shape index (κ2) is 10.1. The summed E-state index contributed by atoms with van der Waals surface area (Å²) in [6, 6.07) is 5.64. The van der Waals surface area contributed by atoms with Crippen molar-refractivity contribution in [1.82, 2.24) is 14.8 Å². The third-order valence-electron chi connectivity index (χ3n) is 8.19. The first-order valence-corrected chi connectivity index (χ1v) is 12.6. The van der Waals surface area contributed by atoms with E-state index in [1.165, 1.54) is 6.42 Å². The van der Waals surface area contributed by atoms with Crippen LogP contribution in [0.1, 0.15) is 56.9 Å². The molecule has 8 nitrogen and oxygen atoms in total. The highest BCUT2D eigenvalue weighted by molar-refractivity contribution is 6.05. The van der Waals surface area contributed by atoms with E-state index in [-0.39, 0.29) is 17.9 Å². The van der Waals surface area contributed by atoms with E-state index in [2.05, 4.69) is 19.2 Å². The van der Waals surface area contributed by atoms with Crippen LogP contribution in [0.15, 0.2) is 18.2 Å². The number of aromatic nitrogens is 1. The molecule has 4 unspecified atom stereocenters. The Balaban J connectivity index is 1.77. The lowest BCUT2D eigenvalue weighted by atomic mass is 9.77. The van der Waals surface area contributed by atoms with Gasteiger partial charge in [-0.25, -0.2) is 0 Å². The van der Waals surface area contributed by atoms with E-state index in [4.69, 9.17) is 14.2 Å². The average molecular weight is 486 g/mol. The highest BCUT2D eigenvalue weighted by Crippen LogP contribution is 2.40. The highest BCUT2D eigenvalue weighted by Gasteiger charge is 2.48. The van der Waals surface area contributed by atoms with Crippen molar-refractivity contribution in [2.75, 3.05) is 34.5 Å². The van der Waals surface area contributed by atoms with Gasteiger partial charge in [-0.15, -0.1) is 0 Å². The molecule has 1 N–H and O–H groups in total. The molecule has 1 aliphatic carbocycles. The smallest absolute Gasteiger partial charge is 0.271 e. The number of benzene rings is 1. The first kappa shape index (κ1) is 25.4. The van der Waals surface area contributed by atoms with Crippen molar-refractivity contribution in [3.8, 4) is 11.5 Å². The Hall–Kier alpha value is -2.74. The predicted molar refractivity (Wildman–Crippen MR) is 135 cm³/mol. The minimum Gasteiger partial charge on any atom is -0.496 e. The average Bonchev–Trinajstić information content (AvgIpc) is 3.23. The number of methoxy groups -OCH3 is 3. The lowest BCUT2D eigenvalue weighted by molar-refractivity contribution is -0.134. The molecule has 1 fully saturated rings. The zero-order valence-electron chi connectivity index (χ0n) is 21.8. The van der Waals surface area contributed by atoms with Gasteiger partial charge in [0.25, 0.3) is 5.91 Å². The van der Waals surface area contributed by atoms with Gasteiger partial charge < -0.3 is 29.0 Å². The quantitative estimate of drug-likeness (QED) is 0.575. The third-order valence-corrected chi connectivity index (χ3v) is 8.19. The Morgan fingerprint density at radius 2 is 1.86 bits per heavy atom. The van der Waals surface area contributed by atoms with Crippen LogP contribution in [0.4, 0.5) is 0 Å². The molecule has 1 aliphatic heterocycles. The van der Waals surface area contributed by atoms with E-state index < -0.39 is 5.54 Å². The Bertz CT molecular complexity index is 1100. The van der Waals surface area contributed by atoms with Crippen LogP contribution in [-0.2, 0) is 16.1 Å². The van der Waals surface area contributed by atoms with Gasteiger partial charge >= 0.3 is 0 Å². The molecule has 0 bridgehead atoms. The van der Waals surface area contributed by atoms with Gasteiger partial charge in [-0.1, -0.05) is 26.7 Å². The van der Waals surface area contributed by atoms with Crippen LogP contribution in [0.5, 0.6) is 11.5 Å². The summed E-state index contributed by atoms with van der Waals surface area (Å²) in [5.74, 6) is 1.98. The first-order chi connectivity index (χ1) is 16.8. The number of nitrogens with one attached hydrogen (secondary N) is 1. The standard InChI is InChI=1S/C27H39N3O5/c1-17-9-7-10-20(18(17)2)28-26(32)27(3)16-29-21(25(31)30(27)13-8-14-33-4)15-19-22(34-5)11-12-23(35-6)24(19)29/h11-12,15,17-18,20H,7-10,13-14,16H2,1-6H3,(H,28,32). The van der Waals surface area contributed by atoms with Gasteiger partial charge in [0.05, 0.1) is 26.3 Å². The Morgan fingerprint density at radius 1 is 1.14 bits per heavy atom. The van der Waals surface area contributed by atoms with Gasteiger partial charge in [-0.3, -0.25) is 9.59 Å². The zero-order chi connectivity index (χ0) is 25.3. The number of fused-ring (bicyclic) bond motifs is 3. The highest BCUT2D eigenvalue weighted by atomic mass is 16.5. The summed E-state index contributed by atoms with van der Waals surface area (Å²) in [6.07, 6.45) is 3.91. The number of carbonyl (C=O) groups is 2. The summed E-state index contributed by atoms with van der Waals surface area (Å²) >= 11 is 0. The molecule has 35 heavy (non-hydrogen) atoms. The van der Waals surface area contributed by atoms with E-state index in [9.17, 15) is 9.59 Å². The van der Waals surface area contributed by atoms with Crippen LogP contribution in [0, 0.1) is 11.8 Å². The Labute approximate surface area is 207 Å². The van der Waals surface area contributed by atoms with Crippen LogP contribution in [0.3, 0.4) is 0 Å². The molecule has 4 atom stereocenters. The second-order valence-electron chi connectivity index (χ2n) is 10.3. The molecular formula is C27H39N3O5. The fourth-order valence-electron chi connectivity index (χ4n) is 5.78. The van der Waals surface area contributed by atoms with E-state index >= 15 is 0 Å². The maximum absolute atomic E-state index is 14.0.